The minimum atomic E-state index is 0.472. The summed E-state index contributed by atoms with van der Waals surface area (Å²) >= 11 is 1.81. The van der Waals surface area contributed by atoms with Gasteiger partial charge < -0.3 is 15.2 Å². The molecule has 0 aliphatic carbocycles. The highest BCUT2D eigenvalue weighted by atomic mass is 32.2. The molecule has 0 fully saturated rings. The smallest absolute Gasteiger partial charge is 0.162 e. The summed E-state index contributed by atoms with van der Waals surface area (Å²) in [5.41, 5.74) is 5.72. The zero-order chi connectivity index (χ0) is 12.1. The first-order valence-corrected chi connectivity index (χ1v) is 6.97. The van der Waals surface area contributed by atoms with Gasteiger partial charge in [0.05, 0.1) is 13.2 Å². The number of ether oxygens (including phenoxy) is 2. The lowest BCUT2D eigenvalue weighted by Crippen LogP contribution is -2.15. The van der Waals surface area contributed by atoms with Gasteiger partial charge in [-0.3, -0.25) is 0 Å². The highest BCUT2D eigenvalue weighted by molar-refractivity contribution is 8.00. The van der Waals surface area contributed by atoms with Gasteiger partial charge in [0.25, 0.3) is 0 Å². The maximum atomic E-state index is 5.72. The second kappa shape index (κ2) is 6.17. The molecule has 1 heterocycles. The van der Waals surface area contributed by atoms with E-state index in [2.05, 4.69) is 19.1 Å². The lowest BCUT2D eigenvalue weighted by atomic mass is 10.3. The van der Waals surface area contributed by atoms with Crippen molar-refractivity contribution in [2.45, 2.75) is 29.9 Å². The van der Waals surface area contributed by atoms with Crippen molar-refractivity contribution in [3.63, 3.8) is 0 Å². The molecule has 2 rings (SSSR count). The molecule has 1 aliphatic heterocycles. The summed E-state index contributed by atoms with van der Waals surface area (Å²) in [7, 11) is 0. The number of thioether (sulfide) groups is 1. The van der Waals surface area contributed by atoms with Crippen LogP contribution in [-0.4, -0.2) is 25.0 Å². The molecule has 0 saturated heterocycles. The molecule has 0 radical (unpaired) electrons. The van der Waals surface area contributed by atoms with Crippen LogP contribution < -0.4 is 15.2 Å². The molecule has 1 aliphatic rings. The van der Waals surface area contributed by atoms with Gasteiger partial charge in [-0.25, -0.2) is 0 Å². The minimum absolute atomic E-state index is 0.472. The Hall–Kier alpha value is -0.870. The zero-order valence-corrected chi connectivity index (χ0v) is 11.0. The van der Waals surface area contributed by atoms with Crippen LogP contribution in [0, 0.1) is 0 Å². The lowest BCUT2D eigenvalue weighted by molar-refractivity contribution is 0.297. The highest BCUT2D eigenvalue weighted by Gasteiger charge is 2.12. The van der Waals surface area contributed by atoms with Crippen LogP contribution in [0.2, 0.25) is 0 Å². The average molecular weight is 253 g/mol. The van der Waals surface area contributed by atoms with E-state index in [0.29, 0.717) is 11.8 Å². The SMILES string of the molecule is CCC(CN)Sc1ccc2c(c1)OCCCO2. The summed E-state index contributed by atoms with van der Waals surface area (Å²) in [5, 5.41) is 0.472. The van der Waals surface area contributed by atoms with Crippen molar-refractivity contribution >= 4 is 11.8 Å². The molecule has 3 nitrogen and oxygen atoms in total. The summed E-state index contributed by atoms with van der Waals surface area (Å²) < 4.78 is 11.3. The van der Waals surface area contributed by atoms with E-state index in [1.807, 2.05) is 17.8 Å². The minimum Gasteiger partial charge on any atom is -0.490 e. The summed E-state index contributed by atoms with van der Waals surface area (Å²) in [6.45, 7) is 4.33. The third-order valence-corrected chi connectivity index (χ3v) is 4.13. The molecule has 0 saturated carbocycles. The standard InChI is InChI=1S/C13H19NO2S/c1-2-10(9-14)17-11-4-5-12-13(8-11)16-7-3-6-15-12/h4-5,8,10H,2-3,6-7,9,14H2,1H3. The van der Waals surface area contributed by atoms with Crippen molar-refractivity contribution in [2.75, 3.05) is 19.8 Å². The molecule has 0 aromatic heterocycles. The molecule has 1 unspecified atom stereocenters. The van der Waals surface area contributed by atoms with Crippen molar-refractivity contribution < 1.29 is 9.47 Å². The van der Waals surface area contributed by atoms with Gasteiger partial charge in [0.15, 0.2) is 11.5 Å². The van der Waals surface area contributed by atoms with E-state index in [9.17, 15) is 0 Å². The van der Waals surface area contributed by atoms with Crippen LogP contribution in [0.5, 0.6) is 11.5 Å². The van der Waals surface area contributed by atoms with Gasteiger partial charge in [-0.1, -0.05) is 6.92 Å². The Morgan fingerprint density at radius 3 is 2.76 bits per heavy atom. The maximum Gasteiger partial charge on any atom is 0.162 e. The summed E-state index contributed by atoms with van der Waals surface area (Å²) in [6.07, 6.45) is 2.02. The quantitative estimate of drug-likeness (QED) is 0.838. The van der Waals surface area contributed by atoms with Crippen molar-refractivity contribution in [3.05, 3.63) is 18.2 Å². The number of fused-ring (bicyclic) bond motifs is 1. The van der Waals surface area contributed by atoms with Crippen molar-refractivity contribution in [1.29, 1.82) is 0 Å². The van der Waals surface area contributed by atoms with Gasteiger partial charge in [-0.15, -0.1) is 11.8 Å². The Morgan fingerprint density at radius 2 is 2.06 bits per heavy atom. The van der Waals surface area contributed by atoms with Crippen LogP contribution in [0.4, 0.5) is 0 Å². The van der Waals surface area contributed by atoms with Gasteiger partial charge in [0, 0.05) is 23.1 Å². The predicted molar refractivity (Wildman–Crippen MR) is 71.0 cm³/mol. The summed E-state index contributed by atoms with van der Waals surface area (Å²) in [5.74, 6) is 1.71. The molecule has 0 bridgehead atoms. The lowest BCUT2D eigenvalue weighted by Gasteiger charge is -2.13. The first kappa shape index (κ1) is 12.6. The Balaban J connectivity index is 2.12. The fraction of sp³-hybridized carbons (Fsp3) is 0.538. The van der Waals surface area contributed by atoms with Crippen LogP contribution in [0.15, 0.2) is 23.1 Å². The van der Waals surface area contributed by atoms with Gasteiger partial charge in [0.2, 0.25) is 0 Å². The van der Waals surface area contributed by atoms with Gasteiger partial charge >= 0.3 is 0 Å². The van der Waals surface area contributed by atoms with E-state index < -0.39 is 0 Å². The van der Waals surface area contributed by atoms with Gasteiger partial charge in [-0.2, -0.15) is 0 Å². The van der Waals surface area contributed by atoms with Crippen LogP contribution >= 0.6 is 11.8 Å². The topological polar surface area (TPSA) is 44.5 Å². The molecule has 17 heavy (non-hydrogen) atoms. The third-order valence-electron chi connectivity index (χ3n) is 2.74. The molecule has 2 N–H and O–H groups in total. The highest BCUT2D eigenvalue weighted by Crippen LogP contribution is 2.35. The van der Waals surface area contributed by atoms with Gasteiger partial charge in [0.1, 0.15) is 0 Å². The number of rotatable bonds is 4. The molecule has 0 amide bonds. The molecule has 1 atom stereocenters. The Morgan fingerprint density at radius 1 is 1.29 bits per heavy atom. The Kier molecular flexibility index (Phi) is 4.57. The largest absolute Gasteiger partial charge is 0.490 e. The second-order valence-electron chi connectivity index (χ2n) is 4.04. The molecular weight excluding hydrogens is 234 g/mol. The summed E-state index contributed by atoms with van der Waals surface area (Å²) in [4.78, 5) is 1.20. The molecular formula is C13H19NO2S. The molecule has 1 aromatic carbocycles. The van der Waals surface area contributed by atoms with E-state index in [4.69, 9.17) is 15.2 Å². The monoisotopic (exact) mass is 253 g/mol. The number of benzene rings is 1. The van der Waals surface area contributed by atoms with E-state index >= 15 is 0 Å². The van der Waals surface area contributed by atoms with Crippen LogP contribution in [0.1, 0.15) is 19.8 Å². The van der Waals surface area contributed by atoms with Crippen LogP contribution in [-0.2, 0) is 0 Å². The Bertz CT molecular complexity index is 366. The molecule has 1 aromatic rings. The first-order chi connectivity index (χ1) is 8.33. The first-order valence-electron chi connectivity index (χ1n) is 6.10. The van der Waals surface area contributed by atoms with Gasteiger partial charge in [-0.05, 0) is 24.6 Å². The zero-order valence-electron chi connectivity index (χ0n) is 10.1. The van der Waals surface area contributed by atoms with Crippen molar-refractivity contribution in [3.8, 4) is 11.5 Å². The number of nitrogens with two attached hydrogens (primary N) is 1. The van der Waals surface area contributed by atoms with E-state index in [1.54, 1.807) is 0 Å². The molecule has 4 heteroatoms. The molecule has 0 spiro atoms. The number of hydrogen-bond acceptors (Lipinski definition) is 4. The summed E-state index contributed by atoms with van der Waals surface area (Å²) in [6, 6.07) is 6.13. The number of hydrogen-bond donors (Lipinski definition) is 1. The fourth-order valence-electron chi connectivity index (χ4n) is 1.71. The maximum absolute atomic E-state index is 5.72. The molecule has 94 valence electrons. The van der Waals surface area contributed by atoms with Crippen molar-refractivity contribution in [1.82, 2.24) is 0 Å². The van der Waals surface area contributed by atoms with Crippen LogP contribution in [0.25, 0.3) is 0 Å². The van der Waals surface area contributed by atoms with E-state index in [-0.39, 0.29) is 0 Å². The van der Waals surface area contributed by atoms with E-state index in [1.165, 1.54) is 4.90 Å². The Labute approximate surface area is 107 Å². The van der Waals surface area contributed by atoms with E-state index in [0.717, 1.165) is 37.6 Å². The second-order valence-corrected chi connectivity index (χ2v) is 5.42. The fourth-order valence-corrected chi connectivity index (χ4v) is 2.68. The average Bonchev–Trinajstić information content (AvgIpc) is 2.60. The third kappa shape index (κ3) is 3.30. The van der Waals surface area contributed by atoms with Crippen LogP contribution in [0.3, 0.4) is 0 Å². The van der Waals surface area contributed by atoms with Crippen molar-refractivity contribution in [2.24, 2.45) is 5.73 Å². The predicted octanol–water partition coefficient (Wildman–Crippen LogP) is 2.68. The normalized spacial score (nSPS) is 16.4.